The molecular weight excluding hydrogens is 193 g/mol. The van der Waals surface area contributed by atoms with Crippen LogP contribution in [0.2, 0.25) is 10.0 Å². The number of halogens is 2. The SMILES string of the molecule is CCc1ccc(Cl)c(Cl)c1.CN. The van der Waals surface area contributed by atoms with E-state index in [4.69, 9.17) is 23.2 Å². The molecule has 0 aliphatic carbocycles. The maximum absolute atomic E-state index is 5.76. The molecule has 0 spiro atoms. The molecule has 0 amide bonds. The van der Waals surface area contributed by atoms with Gasteiger partial charge in [-0.3, -0.25) is 0 Å². The monoisotopic (exact) mass is 205 g/mol. The van der Waals surface area contributed by atoms with Crippen molar-refractivity contribution in [2.45, 2.75) is 13.3 Å². The molecule has 0 saturated carbocycles. The third-order valence-corrected chi connectivity index (χ3v) is 2.13. The summed E-state index contributed by atoms with van der Waals surface area (Å²) in [6.45, 7) is 2.08. The summed E-state index contributed by atoms with van der Waals surface area (Å²) in [6, 6.07) is 5.70. The van der Waals surface area contributed by atoms with Crippen LogP contribution in [0, 0.1) is 0 Å². The number of rotatable bonds is 1. The molecule has 0 bridgehead atoms. The molecule has 0 atom stereocenters. The summed E-state index contributed by atoms with van der Waals surface area (Å²) in [4.78, 5) is 0. The van der Waals surface area contributed by atoms with E-state index in [-0.39, 0.29) is 0 Å². The number of benzene rings is 1. The van der Waals surface area contributed by atoms with E-state index in [9.17, 15) is 0 Å². The average molecular weight is 206 g/mol. The predicted molar refractivity (Wildman–Crippen MR) is 56.0 cm³/mol. The van der Waals surface area contributed by atoms with Gasteiger partial charge in [0.25, 0.3) is 0 Å². The van der Waals surface area contributed by atoms with Crippen LogP contribution in [0.5, 0.6) is 0 Å². The Morgan fingerprint density at radius 3 is 2.17 bits per heavy atom. The van der Waals surface area contributed by atoms with Gasteiger partial charge in [-0.15, -0.1) is 0 Å². The van der Waals surface area contributed by atoms with Gasteiger partial charge in [0.05, 0.1) is 10.0 Å². The molecule has 2 N–H and O–H groups in total. The fourth-order valence-electron chi connectivity index (χ4n) is 0.760. The molecule has 12 heavy (non-hydrogen) atoms. The summed E-state index contributed by atoms with van der Waals surface area (Å²) in [5, 5.41) is 1.26. The van der Waals surface area contributed by atoms with Crippen molar-refractivity contribution in [2.75, 3.05) is 7.05 Å². The molecule has 0 aliphatic heterocycles. The van der Waals surface area contributed by atoms with Crippen LogP contribution in [0.4, 0.5) is 0 Å². The summed E-state index contributed by atoms with van der Waals surface area (Å²) in [5.41, 5.74) is 5.72. The normalized spacial score (nSPS) is 8.75. The van der Waals surface area contributed by atoms with Crippen LogP contribution in [0.15, 0.2) is 18.2 Å². The molecule has 1 aromatic carbocycles. The third kappa shape index (κ3) is 3.44. The van der Waals surface area contributed by atoms with Crippen molar-refractivity contribution in [3.8, 4) is 0 Å². The van der Waals surface area contributed by atoms with E-state index in [2.05, 4.69) is 12.7 Å². The highest BCUT2D eigenvalue weighted by atomic mass is 35.5. The highest BCUT2D eigenvalue weighted by Crippen LogP contribution is 2.22. The highest BCUT2D eigenvalue weighted by Gasteiger charge is 1.96. The molecular formula is C9H13Cl2N. The minimum Gasteiger partial charge on any atom is -0.333 e. The number of nitrogens with two attached hydrogens (primary N) is 1. The van der Waals surface area contributed by atoms with Crippen molar-refractivity contribution in [1.82, 2.24) is 0 Å². The Labute approximate surface area is 83.5 Å². The highest BCUT2D eigenvalue weighted by molar-refractivity contribution is 6.41. The Bertz CT molecular complexity index is 236. The van der Waals surface area contributed by atoms with E-state index < -0.39 is 0 Å². The van der Waals surface area contributed by atoms with Crippen LogP contribution in [-0.4, -0.2) is 7.05 Å². The smallest absolute Gasteiger partial charge is 0.0595 e. The summed E-state index contributed by atoms with van der Waals surface area (Å²) >= 11 is 11.5. The van der Waals surface area contributed by atoms with Crippen molar-refractivity contribution in [3.63, 3.8) is 0 Å². The van der Waals surface area contributed by atoms with Crippen LogP contribution in [0.3, 0.4) is 0 Å². The summed E-state index contributed by atoms with van der Waals surface area (Å²) < 4.78 is 0. The Morgan fingerprint density at radius 2 is 1.75 bits per heavy atom. The van der Waals surface area contributed by atoms with Crippen molar-refractivity contribution >= 4 is 23.2 Å². The molecule has 0 fully saturated rings. The van der Waals surface area contributed by atoms with E-state index in [1.807, 2.05) is 18.2 Å². The first kappa shape index (κ1) is 11.8. The maximum atomic E-state index is 5.76. The van der Waals surface area contributed by atoms with Gasteiger partial charge in [-0.05, 0) is 31.2 Å². The molecule has 3 heteroatoms. The van der Waals surface area contributed by atoms with Crippen LogP contribution in [0.25, 0.3) is 0 Å². The van der Waals surface area contributed by atoms with Gasteiger partial charge in [0, 0.05) is 0 Å². The van der Waals surface area contributed by atoms with Crippen molar-refractivity contribution < 1.29 is 0 Å². The Morgan fingerprint density at radius 1 is 1.17 bits per heavy atom. The largest absolute Gasteiger partial charge is 0.333 e. The van der Waals surface area contributed by atoms with E-state index in [0.717, 1.165) is 6.42 Å². The van der Waals surface area contributed by atoms with Crippen LogP contribution in [-0.2, 0) is 6.42 Å². The molecule has 1 nitrogen and oxygen atoms in total. The van der Waals surface area contributed by atoms with Crippen molar-refractivity contribution in [1.29, 1.82) is 0 Å². The third-order valence-electron chi connectivity index (χ3n) is 1.39. The number of aryl methyl sites for hydroxylation is 1. The van der Waals surface area contributed by atoms with Gasteiger partial charge in [0.15, 0.2) is 0 Å². The van der Waals surface area contributed by atoms with E-state index in [1.54, 1.807) is 0 Å². The first-order valence-electron chi connectivity index (χ1n) is 3.75. The van der Waals surface area contributed by atoms with Gasteiger partial charge in [-0.1, -0.05) is 36.2 Å². The Balaban J connectivity index is 0.000000561. The lowest BCUT2D eigenvalue weighted by Crippen LogP contribution is -1.78. The average Bonchev–Trinajstić information content (AvgIpc) is 2.13. The molecule has 0 saturated heterocycles. The van der Waals surface area contributed by atoms with Gasteiger partial charge >= 0.3 is 0 Å². The lowest BCUT2D eigenvalue weighted by atomic mass is 10.2. The standard InChI is InChI=1S/C8H8Cl2.CH5N/c1-2-6-3-4-7(9)8(10)5-6;1-2/h3-5H,2H2,1H3;2H2,1H3. The second kappa shape index (κ2) is 6.30. The van der Waals surface area contributed by atoms with Crippen molar-refractivity contribution in [3.05, 3.63) is 33.8 Å². The zero-order chi connectivity index (χ0) is 9.56. The molecule has 1 rings (SSSR count). The molecule has 1 aromatic rings. The van der Waals surface area contributed by atoms with E-state index in [1.165, 1.54) is 12.6 Å². The van der Waals surface area contributed by atoms with Gasteiger partial charge in [0.2, 0.25) is 0 Å². The zero-order valence-corrected chi connectivity index (χ0v) is 8.78. The van der Waals surface area contributed by atoms with Gasteiger partial charge in [-0.25, -0.2) is 0 Å². The second-order valence-electron chi connectivity index (χ2n) is 2.10. The topological polar surface area (TPSA) is 26.0 Å². The van der Waals surface area contributed by atoms with E-state index in [0.29, 0.717) is 10.0 Å². The first-order valence-corrected chi connectivity index (χ1v) is 4.51. The summed E-state index contributed by atoms with van der Waals surface area (Å²) in [7, 11) is 1.50. The molecule has 0 unspecified atom stereocenters. The fourth-order valence-corrected chi connectivity index (χ4v) is 1.08. The summed E-state index contributed by atoms with van der Waals surface area (Å²) in [5.74, 6) is 0. The Hall–Kier alpha value is -0.240. The number of hydrogen-bond acceptors (Lipinski definition) is 1. The quantitative estimate of drug-likeness (QED) is 0.750. The summed E-state index contributed by atoms with van der Waals surface area (Å²) in [6.07, 6.45) is 0.997. The zero-order valence-electron chi connectivity index (χ0n) is 7.27. The number of hydrogen-bond donors (Lipinski definition) is 1. The van der Waals surface area contributed by atoms with Gasteiger partial charge < -0.3 is 5.73 Å². The van der Waals surface area contributed by atoms with Crippen LogP contribution >= 0.6 is 23.2 Å². The molecule has 68 valence electrons. The maximum Gasteiger partial charge on any atom is 0.0595 e. The lowest BCUT2D eigenvalue weighted by molar-refractivity contribution is 1.14. The molecule has 0 aliphatic rings. The second-order valence-corrected chi connectivity index (χ2v) is 2.92. The minimum atomic E-state index is 0.624. The predicted octanol–water partition coefficient (Wildman–Crippen LogP) is 3.13. The van der Waals surface area contributed by atoms with Gasteiger partial charge in [0.1, 0.15) is 0 Å². The molecule has 0 aromatic heterocycles. The Kier molecular flexibility index (Phi) is 6.17. The fraction of sp³-hybridized carbons (Fsp3) is 0.333. The van der Waals surface area contributed by atoms with E-state index >= 15 is 0 Å². The van der Waals surface area contributed by atoms with Crippen LogP contribution < -0.4 is 5.73 Å². The molecule has 0 heterocycles. The van der Waals surface area contributed by atoms with Crippen LogP contribution in [0.1, 0.15) is 12.5 Å². The lowest BCUT2D eigenvalue weighted by Gasteiger charge is -1.97. The minimum absolute atomic E-state index is 0.624. The first-order chi connectivity index (χ1) is 5.74. The molecule has 0 radical (unpaired) electrons. The van der Waals surface area contributed by atoms with Gasteiger partial charge in [-0.2, -0.15) is 0 Å². The van der Waals surface area contributed by atoms with Crippen molar-refractivity contribution in [2.24, 2.45) is 5.73 Å².